The van der Waals surface area contributed by atoms with Gasteiger partial charge in [-0.2, -0.15) is 4.31 Å². The van der Waals surface area contributed by atoms with Crippen LogP contribution in [0, 0.1) is 0 Å². The third kappa shape index (κ3) is 4.06. The molecule has 144 valence electrons. The van der Waals surface area contributed by atoms with Gasteiger partial charge in [-0.25, -0.2) is 13.2 Å². The molecule has 2 aromatic carbocycles. The largest absolute Gasteiger partial charge is 0.462 e. The average Bonchev–Trinajstić information content (AvgIpc) is 3.14. The second kappa shape index (κ2) is 7.98. The van der Waals surface area contributed by atoms with E-state index in [1.165, 1.54) is 28.6 Å². The Kier molecular flexibility index (Phi) is 5.67. The maximum atomic E-state index is 13.1. The molecule has 0 fully saturated rings. The molecule has 1 aliphatic rings. The molecule has 1 heterocycles. The predicted molar refractivity (Wildman–Crippen MR) is 98.2 cm³/mol. The van der Waals surface area contributed by atoms with E-state index < -0.39 is 16.0 Å². The first-order valence-corrected chi connectivity index (χ1v) is 10.1. The fourth-order valence-corrected chi connectivity index (χ4v) is 4.24. The Labute approximate surface area is 158 Å². The van der Waals surface area contributed by atoms with E-state index in [-0.39, 0.29) is 36.9 Å². The van der Waals surface area contributed by atoms with Gasteiger partial charge >= 0.3 is 5.97 Å². The van der Waals surface area contributed by atoms with Crippen molar-refractivity contribution in [1.29, 1.82) is 0 Å². The van der Waals surface area contributed by atoms with Crippen LogP contribution in [0.1, 0.15) is 29.8 Å². The molecule has 8 heteroatoms. The van der Waals surface area contributed by atoms with Crippen LogP contribution in [0.4, 0.5) is 0 Å². The topological polar surface area (TPSA) is 82.1 Å². The molecule has 0 bridgehead atoms. The van der Waals surface area contributed by atoms with Gasteiger partial charge in [0.2, 0.25) is 16.8 Å². The molecule has 0 amide bonds. The van der Waals surface area contributed by atoms with Crippen molar-refractivity contribution in [2.45, 2.75) is 25.3 Å². The van der Waals surface area contributed by atoms with Crippen molar-refractivity contribution < 1.29 is 27.4 Å². The first kappa shape index (κ1) is 19.2. The van der Waals surface area contributed by atoms with Crippen LogP contribution in [0.3, 0.4) is 0 Å². The van der Waals surface area contributed by atoms with Crippen molar-refractivity contribution in [3.05, 3.63) is 53.6 Å². The number of carbonyl (C=O) groups is 1. The number of hydrogen-bond acceptors (Lipinski definition) is 6. The van der Waals surface area contributed by atoms with Crippen LogP contribution in [0.25, 0.3) is 0 Å². The highest BCUT2D eigenvalue weighted by atomic mass is 32.2. The van der Waals surface area contributed by atoms with Crippen LogP contribution in [-0.4, -0.2) is 38.6 Å². The van der Waals surface area contributed by atoms with Crippen molar-refractivity contribution in [3.63, 3.8) is 0 Å². The number of nitrogens with zero attached hydrogens (tertiary/aromatic N) is 1. The summed E-state index contributed by atoms with van der Waals surface area (Å²) in [6.45, 7) is 4.30. The summed E-state index contributed by atoms with van der Waals surface area (Å²) in [5.41, 5.74) is 0.989. The molecule has 0 spiro atoms. The Balaban J connectivity index is 1.85. The Morgan fingerprint density at radius 2 is 1.89 bits per heavy atom. The molecule has 0 atom stereocenters. The lowest BCUT2D eigenvalue weighted by Gasteiger charge is -2.21. The number of benzene rings is 2. The first-order chi connectivity index (χ1) is 13.0. The lowest BCUT2D eigenvalue weighted by molar-refractivity contribution is 0.0526. The minimum absolute atomic E-state index is 0.0515. The summed E-state index contributed by atoms with van der Waals surface area (Å²) in [5.74, 6) is 0.699. The highest BCUT2D eigenvalue weighted by Gasteiger charge is 2.25. The van der Waals surface area contributed by atoms with E-state index in [1.54, 1.807) is 32.0 Å². The first-order valence-electron chi connectivity index (χ1n) is 8.61. The van der Waals surface area contributed by atoms with Crippen LogP contribution in [0.2, 0.25) is 0 Å². The van der Waals surface area contributed by atoms with Crippen LogP contribution in [-0.2, 0) is 21.3 Å². The van der Waals surface area contributed by atoms with E-state index in [9.17, 15) is 13.2 Å². The third-order valence-electron chi connectivity index (χ3n) is 4.13. The van der Waals surface area contributed by atoms with Crippen molar-refractivity contribution in [3.8, 4) is 11.5 Å². The van der Waals surface area contributed by atoms with Gasteiger partial charge < -0.3 is 14.2 Å². The highest BCUT2D eigenvalue weighted by molar-refractivity contribution is 7.89. The molecule has 1 aliphatic heterocycles. The van der Waals surface area contributed by atoms with Gasteiger partial charge in [-0.1, -0.05) is 19.1 Å². The van der Waals surface area contributed by atoms with Crippen LogP contribution < -0.4 is 9.47 Å². The summed E-state index contributed by atoms with van der Waals surface area (Å²) in [7, 11) is -3.78. The van der Waals surface area contributed by atoms with Gasteiger partial charge in [0.25, 0.3) is 0 Å². The van der Waals surface area contributed by atoms with Crippen LogP contribution >= 0.6 is 0 Å². The van der Waals surface area contributed by atoms with Gasteiger partial charge in [-0.05, 0) is 42.8 Å². The van der Waals surface area contributed by atoms with Gasteiger partial charge in [0, 0.05) is 13.1 Å². The van der Waals surface area contributed by atoms with Crippen molar-refractivity contribution in [1.82, 2.24) is 4.31 Å². The van der Waals surface area contributed by atoms with E-state index >= 15 is 0 Å². The minimum atomic E-state index is -3.78. The molecule has 0 aliphatic carbocycles. The van der Waals surface area contributed by atoms with Crippen molar-refractivity contribution in [2.75, 3.05) is 19.9 Å². The van der Waals surface area contributed by atoms with Gasteiger partial charge in [0.15, 0.2) is 11.5 Å². The van der Waals surface area contributed by atoms with E-state index in [0.29, 0.717) is 11.5 Å². The zero-order valence-corrected chi connectivity index (χ0v) is 16.0. The fourth-order valence-electron chi connectivity index (χ4n) is 2.76. The number of rotatable bonds is 7. The summed E-state index contributed by atoms with van der Waals surface area (Å²) in [4.78, 5) is 12.0. The quantitative estimate of drug-likeness (QED) is 0.675. The zero-order valence-electron chi connectivity index (χ0n) is 15.2. The standard InChI is InChI=1S/C19H21NO6S/c1-3-20(12-14-8-9-17-18(10-14)26-13-25-17)27(22,23)16-7-5-6-15(11-16)19(21)24-4-2/h5-11H,3-4,12-13H2,1-2H3. The molecule has 2 aromatic rings. The maximum absolute atomic E-state index is 13.1. The van der Waals surface area contributed by atoms with E-state index in [2.05, 4.69) is 0 Å². The zero-order chi connectivity index (χ0) is 19.4. The average molecular weight is 391 g/mol. The molecule has 0 saturated heterocycles. The number of esters is 1. The molecule has 0 radical (unpaired) electrons. The smallest absolute Gasteiger partial charge is 0.338 e. The van der Waals surface area contributed by atoms with E-state index in [1.807, 2.05) is 0 Å². The van der Waals surface area contributed by atoms with Gasteiger partial charge in [0.1, 0.15) is 0 Å². The number of carbonyl (C=O) groups excluding carboxylic acids is 1. The Morgan fingerprint density at radius 1 is 1.11 bits per heavy atom. The molecule has 3 rings (SSSR count). The molecule has 27 heavy (non-hydrogen) atoms. The summed E-state index contributed by atoms with van der Waals surface area (Å²) in [5, 5.41) is 0. The summed E-state index contributed by atoms with van der Waals surface area (Å²) >= 11 is 0. The molecular weight excluding hydrogens is 370 g/mol. The predicted octanol–water partition coefficient (Wildman–Crippen LogP) is 2.80. The second-order valence-electron chi connectivity index (χ2n) is 5.87. The SMILES string of the molecule is CCOC(=O)c1cccc(S(=O)(=O)N(CC)Cc2ccc3c(c2)OCO3)c1. The summed E-state index contributed by atoms with van der Waals surface area (Å²) in [6.07, 6.45) is 0. The molecule has 0 saturated carbocycles. The number of sulfonamides is 1. The van der Waals surface area contributed by atoms with E-state index in [0.717, 1.165) is 5.56 Å². The minimum Gasteiger partial charge on any atom is -0.462 e. The Hall–Kier alpha value is -2.58. The lowest BCUT2D eigenvalue weighted by Crippen LogP contribution is -2.30. The molecule has 0 aromatic heterocycles. The summed E-state index contributed by atoms with van der Waals surface area (Å²) in [6, 6.07) is 11.2. The second-order valence-corrected chi connectivity index (χ2v) is 7.81. The van der Waals surface area contributed by atoms with Gasteiger partial charge in [-0.3, -0.25) is 0 Å². The normalized spacial score (nSPS) is 13.0. The number of ether oxygens (including phenoxy) is 3. The Morgan fingerprint density at radius 3 is 2.63 bits per heavy atom. The summed E-state index contributed by atoms with van der Waals surface area (Å²) < 4.78 is 43.0. The molecule has 7 nitrogen and oxygen atoms in total. The molecule has 0 unspecified atom stereocenters. The van der Waals surface area contributed by atoms with Crippen molar-refractivity contribution in [2.24, 2.45) is 0 Å². The molecule has 0 N–H and O–H groups in total. The lowest BCUT2D eigenvalue weighted by atomic mass is 10.2. The van der Waals surface area contributed by atoms with Crippen LogP contribution in [0.15, 0.2) is 47.4 Å². The van der Waals surface area contributed by atoms with Crippen LogP contribution in [0.5, 0.6) is 11.5 Å². The fraction of sp³-hybridized carbons (Fsp3) is 0.316. The van der Waals surface area contributed by atoms with Crippen molar-refractivity contribution >= 4 is 16.0 Å². The van der Waals surface area contributed by atoms with Gasteiger partial charge in [-0.15, -0.1) is 0 Å². The molecular formula is C19H21NO6S. The third-order valence-corrected chi connectivity index (χ3v) is 6.05. The number of fused-ring (bicyclic) bond motifs is 1. The highest BCUT2D eigenvalue weighted by Crippen LogP contribution is 2.33. The van der Waals surface area contributed by atoms with Gasteiger partial charge in [0.05, 0.1) is 17.1 Å². The number of hydrogen-bond donors (Lipinski definition) is 0. The van der Waals surface area contributed by atoms with E-state index in [4.69, 9.17) is 14.2 Å². The maximum Gasteiger partial charge on any atom is 0.338 e. The monoisotopic (exact) mass is 391 g/mol. The Bertz CT molecular complexity index is 941.